The molecule has 0 aliphatic carbocycles. The summed E-state index contributed by atoms with van der Waals surface area (Å²) in [6.07, 6.45) is 1.73. The molecule has 1 N–H and O–H groups in total. The van der Waals surface area contributed by atoms with Gasteiger partial charge in [0.1, 0.15) is 0 Å². The third-order valence-corrected chi connectivity index (χ3v) is 2.89. The Morgan fingerprint density at radius 3 is 2.42 bits per heavy atom. The van der Waals surface area contributed by atoms with Crippen LogP contribution in [0.5, 0.6) is 11.5 Å². The van der Waals surface area contributed by atoms with Gasteiger partial charge in [-0.05, 0) is 30.7 Å². The maximum atomic E-state index is 5.33. The lowest BCUT2D eigenvalue weighted by Crippen LogP contribution is -1.98. The molecule has 100 valence electrons. The van der Waals surface area contributed by atoms with E-state index in [4.69, 9.17) is 9.47 Å². The van der Waals surface area contributed by atoms with Gasteiger partial charge in [-0.2, -0.15) is 0 Å². The summed E-state index contributed by atoms with van der Waals surface area (Å²) in [5, 5.41) is 2.93. The van der Waals surface area contributed by atoms with E-state index < -0.39 is 0 Å². The van der Waals surface area contributed by atoms with Crippen molar-refractivity contribution in [2.75, 3.05) is 26.6 Å². The smallest absolute Gasteiger partial charge is 0.222 e. The molecule has 0 spiro atoms. The first kappa shape index (κ1) is 13.1. The van der Waals surface area contributed by atoms with E-state index in [1.54, 1.807) is 27.5 Å². The van der Waals surface area contributed by atoms with Gasteiger partial charge in [0.2, 0.25) is 5.95 Å². The van der Waals surface area contributed by atoms with Gasteiger partial charge < -0.3 is 14.8 Å². The Balaban J connectivity index is 2.55. The van der Waals surface area contributed by atoms with E-state index in [-0.39, 0.29) is 0 Å². The summed E-state index contributed by atoms with van der Waals surface area (Å²) in [5.41, 5.74) is 2.91. The highest BCUT2D eigenvalue weighted by atomic mass is 16.5. The number of hydrogen-bond donors (Lipinski definition) is 1. The maximum Gasteiger partial charge on any atom is 0.222 e. The predicted octanol–water partition coefficient (Wildman–Crippen LogP) is 2.51. The molecule has 0 radical (unpaired) electrons. The molecule has 1 aromatic carbocycles. The van der Waals surface area contributed by atoms with Gasteiger partial charge in [0.05, 0.1) is 19.9 Å². The molecule has 0 amide bonds. The Hall–Kier alpha value is -2.30. The van der Waals surface area contributed by atoms with E-state index in [1.807, 2.05) is 25.1 Å². The Bertz CT molecular complexity index is 585. The second-order valence-corrected chi connectivity index (χ2v) is 4.04. The average molecular weight is 259 g/mol. The fraction of sp³-hybridized carbons (Fsp3) is 0.286. The summed E-state index contributed by atoms with van der Waals surface area (Å²) in [6.45, 7) is 2.01. The van der Waals surface area contributed by atoms with Gasteiger partial charge in [-0.1, -0.05) is 0 Å². The number of nitrogens with zero attached hydrogens (tertiary/aromatic N) is 2. The van der Waals surface area contributed by atoms with E-state index in [1.165, 1.54) is 0 Å². The molecule has 0 fully saturated rings. The first-order valence-corrected chi connectivity index (χ1v) is 5.93. The summed E-state index contributed by atoms with van der Waals surface area (Å²) in [7, 11) is 5.04. The standard InChI is InChI=1S/C14H17N3O2/c1-9-7-12(18-3)13(19-4)8-10(9)11-5-6-16-14(15-2)17-11/h5-8H,1-4H3,(H,15,16,17). The molecule has 0 atom stereocenters. The molecule has 2 rings (SSSR count). The van der Waals surface area contributed by atoms with Crippen molar-refractivity contribution in [3.63, 3.8) is 0 Å². The normalized spacial score (nSPS) is 10.1. The molecule has 0 aliphatic heterocycles. The van der Waals surface area contributed by atoms with Gasteiger partial charge in [-0.25, -0.2) is 9.97 Å². The lowest BCUT2D eigenvalue weighted by molar-refractivity contribution is 0.355. The number of benzene rings is 1. The fourth-order valence-corrected chi connectivity index (χ4v) is 1.89. The van der Waals surface area contributed by atoms with Crippen LogP contribution in [0.2, 0.25) is 0 Å². The molecule has 1 aromatic heterocycles. The van der Waals surface area contributed by atoms with Crippen molar-refractivity contribution in [1.29, 1.82) is 0 Å². The fourth-order valence-electron chi connectivity index (χ4n) is 1.89. The van der Waals surface area contributed by atoms with Gasteiger partial charge in [0.25, 0.3) is 0 Å². The molecule has 19 heavy (non-hydrogen) atoms. The van der Waals surface area contributed by atoms with Gasteiger partial charge in [-0.15, -0.1) is 0 Å². The second-order valence-electron chi connectivity index (χ2n) is 4.04. The number of aryl methyl sites for hydroxylation is 1. The van der Waals surface area contributed by atoms with E-state index in [2.05, 4.69) is 15.3 Å². The SMILES string of the molecule is CNc1nccc(-c2cc(OC)c(OC)cc2C)n1. The van der Waals surface area contributed by atoms with Crippen molar-refractivity contribution in [3.8, 4) is 22.8 Å². The molecule has 0 aliphatic rings. The van der Waals surface area contributed by atoms with Crippen LogP contribution in [0.15, 0.2) is 24.4 Å². The first-order chi connectivity index (χ1) is 9.19. The topological polar surface area (TPSA) is 56.3 Å². The molecule has 5 nitrogen and oxygen atoms in total. The molecule has 1 heterocycles. The monoisotopic (exact) mass is 259 g/mol. The zero-order valence-electron chi connectivity index (χ0n) is 11.5. The number of rotatable bonds is 4. The van der Waals surface area contributed by atoms with Crippen molar-refractivity contribution in [1.82, 2.24) is 9.97 Å². The largest absolute Gasteiger partial charge is 0.493 e. The minimum Gasteiger partial charge on any atom is -0.493 e. The van der Waals surface area contributed by atoms with Crippen LogP contribution in [-0.2, 0) is 0 Å². The van der Waals surface area contributed by atoms with Crippen LogP contribution in [-0.4, -0.2) is 31.2 Å². The first-order valence-electron chi connectivity index (χ1n) is 5.93. The number of hydrogen-bond acceptors (Lipinski definition) is 5. The van der Waals surface area contributed by atoms with Crippen molar-refractivity contribution in [2.45, 2.75) is 6.92 Å². The van der Waals surface area contributed by atoms with Crippen LogP contribution >= 0.6 is 0 Å². The Morgan fingerprint density at radius 1 is 1.11 bits per heavy atom. The summed E-state index contributed by atoms with van der Waals surface area (Å²) in [5.74, 6) is 1.99. The van der Waals surface area contributed by atoms with Gasteiger partial charge >= 0.3 is 0 Å². The van der Waals surface area contributed by atoms with Crippen molar-refractivity contribution >= 4 is 5.95 Å². The zero-order valence-corrected chi connectivity index (χ0v) is 11.5. The molecule has 0 unspecified atom stereocenters. The Morgan fingerprint density at radius 2 is 1.79 bits per heavy atom. The van der Waals surface area contributed by atoms with Crippen LogP contribution in [0.1, 0.15) is 5.56 Å². The molecular weight excluding hydrogens is 242 g/mol. The van der Waals surface area contributed by atoms with Crippen LogP contribution in [0.25, 0.3) is 11.3 Å². The van der Waals surface area contributed by atoms with Crippen molar-refractivity contribution < 1.29 is 9.47 Å². The molecule has 0 saturated heterocycles. The minimum atomic E-state index is 0.590. The summed E-state index contributed by atoms with van der Waals surface area (Å²) < 4.78 is 10.6. The quantitative estimate of drug-likeness (QED) is 0.914. The lowest BCUT2D eigenvalue weighted by atomic mass is 10.0. The number of aromatic nitrogens is 2. The van der Waals surface area contributed by atoms with Crippen molar-refractivity contribution in [3.05, 3.63) is 30.0 Å². The Kier molecular flexibility index (Phi) is 3.85. The van der Waals surface area contributed by atoms with Crippen LogP contribution < -0.4 is 14.8 Å². The average Bonchev–Trinajstić information content (AvgIpc) is 2.46. The molecule has 0 saturated carbocycles. The van der Waals surface area contributed by atoms with Gasteiger partial charge in [-0.3, -0.25) is 0 Å². The highest BCUT2D eigenvalue weighted by Crippen LogP contribution is 2.34. The molecule has 5 heteroatoms. The van der Waals surface area contributed by atoms with Crippen molar-refractivity contribution in [2.24, 2.45) is 0 Å². The van der Waals surface area contributed by atoms with E-state index in [0.29, 0.717) is 17.4 Å². The molecule has 0 bridgehead atoms. The molecular formula is C14H17N3O2. The van der Waals surface area contributed by atoms with Gasteiger partial charge in [0.15, 0.2) is 11.5 Å². The predicted molar refractivity (Wildman–Crippen MR) is 74.9 cm³/mol. The number of anilines is 1. The van der Waals surface area contributed by atoms with Crippen LogP contribution in [0, 0.1) is 6.92 Å². The van der Waals surface area contributed by atoms with Crippen LogP contribution in [0.3, 0.4) is 0 Å². The van der Waals surface area contributed by atoms with E-state index in [0.717, 1.165) is 16.8 Å². The summed E-state index contributed by atoms with van der Waals surface area (Å²) in [4.78, 5) is 8.55. The third kappa shape index (κ3) is 2.59. The number of ether oxygens (including phenoxy) is 2. The second kappa shape index (κ2) is 5.56. The highest BCUT2D eigenvalue weighted by molar-refractivity contribution is 5.68. The Labute approximate surface area is 112 Å². The zero-order chi connectivity index (χ0) is 13.8. The maximum absolute atomic E-state index is 5.33. The van der Waals surface area contributed by atoms with Gasteiger partial charge in [0, 0.05) is 18.8 Å². The minimum absolute atomic E-state index is 0.590. The van der Waals surface area contributed by atoms with Crippen LogP contribution in [0.4, 0.5) is 5.95 Å². The molecule has 2 aromatic rings. The number of methoxy groups -OCH3 is 2. The lowest BCUT2D eigenvalue weighted by Gasteiger charge is -2.12. The van der Waals surface area contributed by atoms with E-state index >= 15 is 0 Å². The summed E-state index contributed by atoms with van der Waals surface area (Å²) in [6, 6.07) is 5.74. The van der Waals surface area contributed by atoms with E-state index in [9.17, 15) is 0 Å². The highest BCUT2D eigenvalue weighted by Gasteiger charge is 2.11. The number of nitrogens with one attached hydrogen (secondary N) is 1. The summed E-state index contributed by atoms with van der Waals surface area (Å²) >= 11 is 0. The third-order valence-electron chi connectivity index (χ3n) is 2.89.